The Morgan fingerprint density at radius 3 is 2.53 bits per heavy atom. The van der Waals surface area contributed by atoms with Crippen LogP contribution in [0.3, 0.4) is 0 Å². The minimum absolute atomic E-state index is 0.0745. The summed E-state index contributed by atoms with van der Waals surface area (Å²) in [6.45, 7) is 8.97. The molecule has 2 aromatic heterocycles. The van der Waals surface area contributed by atoms with Crippen LogP contribution in [0.15, 0.2) is 29.9 Å². The fourth-order valence-electron chi connectivity index (χ4n) is 3.93. The van der Waals surface area contributed by atoms with E-state index in [0.717, 1.165) is 22.8 Å². The van der Waals surface area contributed by atoms with E-state index >= 15 is 0 Å². The average molecular weight is 498 g/mol. The van der Waals surface area contributed by atoms with Crippen LogP contribution in [0.4, 0.5) is 18.2 Å². The maximum Gasteiger partial charge on any atom is 0.417 e. The summed E-state index contributed by atoms with van der Waals surface area (Å²) in [4.78, 5) is 44.1. The maximum atomic E-state index is 13.2. The van der Waals surface area contributed by atoms with Gasteiger partial charge in [0.1, 0.15) is 11.6 Å². The SMILES string of the molecule is CC(C)(C)OC(=O)c1cnccc1CN1CN(c2cc(C(F)(F)F)cs2)C(C(=O)C=O)C1(C)C. The van der Waals surface area contributed by atoms with Crippen molar-refractivity contribution in [3.05, 3.63) is 46.6 Å². The highest BCUT2D eigenvalue weighted by Gasteiger charge is 2.51. The number of aromatic nitrogens is 1. The van der Waals surface area contributed by atoms with Crippen molar-refractivity contribution in [1.82, 2.24) is 9.88 Å². The molecule has 1 saturated heterocycles. The third kappa shape index (κ3) is 5.30. The Balaban J connectivity index is 1.96. The van der Waals surface area contributed by atoms with Crippen molar-refractivity contribution in [2.45, 2.75) is 64.5 Å². The maximum absolute atomic E-state index is 13.2. The second kappa shape index (κ2) is 9.10. The number of rotatable bonds is 6. The highest BCUT2D eigenvalue weighted by atomic mass is 32.1. The molecule has 1 fully saturated rings. The van der Waals surface area contributed by atoms with E-state index < -0.39 is 40.7 Å². The molecule has 0 amide bonds. The quantitative estimate of drug-likeness (QED) is 0.334. The summed E-state index contributed by atoms with van der Waals surface area (Å²) in [6, 6.07) is 1.63. The molecule has 3 heterocycles. The molecule has 2 aromatic rings. The zero-order valence-electron chi connectivity index (χ0n) is 19.5. The Hall–Kier alpha value is -2.79. The number of hydrogen-bond donors (Lipinski definition) is 0. The van der Waals surface area contributed by atoms with Crippen LogP contribution in [-0.2, 0) is 27.0 Å². The number of alkyl halides is 3. The molecule has 0 spiro atoms. The summed E-state index contributed by atoms with van der Waals surface area (Å²) in [5, 5.41) is 1.21. The van der Waals surface area contributed by atoms with Gasteiger partial charge in [0.15, 0.2) is 6.29 Å². The number of ether oxygens (including phenoxy) is 1. The Kier molecular flexibility index (Phi) is 6.92. The van der Waals surface area contributed by atoms with Crippen LogP contribution in [0, 0.1) is 0 Å². The number of carbonyl (C=O) groups is 3. The molecule has 0 N–H and O–H groups in total. The van der Waals surface area contributed by atoms with Crippen LogP contribution in [0.5, 0.6) is 0 Å². The summed E-state index contributed by atoms with van der Waals surface area (Å²) in [7, 11) is 0. The van der Waals surface area contributed by atoms with Gasteiger partial charge in [0.25, 0.3) is 0 Å². The van der Waals surface area contributed by atoms with E-state index in [1.165, 1.54) is 17.3 Å². The van der Waals surface area contributed by atoms with Crippen molar-refractivity contribution < 1.29 is 32.3 Å². The zero-order chi connectivity index (χ0) is 25.5. The fraction of sp³-hybridized carbons (Fsp3) is 0.478. The standard InChI is InChI=1S/C23H26F3N3O4S/c1-21(2,3)33-20(32)16-9-27-7-6-14(16)10-28-13-29(19(17(31)11-30)22(28,4)5)18-8-15(12-34-18)23(24,25)26/h6-9,11-12,19H,10,13H2,1-5H3. The molecule has 0 aromatic carbocycles. The van der Waals surface area contributed by atoms with Crippen LogP contribution >= 0.6 is 11.3 Å². The van der Waals surface area contributed by atoms with Gasteiger partial charge in [-0.25, -0.2) is 4.79 Å². The third-order valence-electron chi connectivity index (χ3n) is 5.59. The van der Waals surface area contributed by atoms with Gasteiger partial charge in [-0.3, -0.25) is 19.5 Å². The van der Waals surface area contributed by atoms with E-state index in [9.17, 15) is 27.6 Å². The highest BCUT2D eigenvalue weighted by molar-refractivity contribution is 7.14. The van der Waals surface area contributed by atoms with Crippen LogP contribution in [-0.4, -0.2) is 51.8 Å². The average Bonchev–Trinajstić information content (AvgIpc) is 3.30. The second-order valence-corrected chi connectivity index (χ2v) is 10.5. The molecule has 34 heavy (non-hydrogen) atoms. The van der Waals surface area contributed by atoms with Crippen molar-refractivity contribution in [3.8, 4) is 0 Å². The van der Waals surface area contributed by atoms with E-state index in [-0.39, 0.29) is 30.1 Å². The first-order valence-electron chi connectivity index (χ1n) is 10.5. The number of carbonyl (C=O) groups excluding carboxylic acids is 3. The lowest BCUT2D eigenvalue weighted by Crippen LogP contribution is -2.51. The monoisotopic (exact) mass is 497 g/mol. The third-order valence-corrected chi connectivity index (χ3v) is 6.56. The molecule has 1 aliphatic rings. The predicted octanol–water partition coefficient (Wildman–Crippen LogP) is 4.31. The number of nitrogens with zero attached hydrogens (tertiary/aromatic N) is 3. The number of thiophene rings is 1. The second-order valence-electron chi connectivity index (χ2n) is 9.59. The van der Waals surface area contributed by atoms with Crippen molar-refractivity contribution in [2.24, 2.45) is 0 Å². The molecule has 184 valence electrons. The molecule has 1 atom stereocenters. The summed E-state index contributed by atoms with van der Waals surface area (Å²) in [6.07, 6.45) is -1.41. The summed E-state index contributed by atoms with van der Waals surface area (Å²) >= 11 is 0.856. The van der Waals surface area contributed by atoms with Gasteiger partial charge >= 0.3 is 12.1 Å². The topological polar surface area (TPSA) is 79.8 Å². The van der Waals surface area contributed by atoms with Gasteiger partial charge in [-0.05, 0) is 52.3 Å². The van der Waals surface area contributed by atoms with Crippen molar-refractivity contribution in [2.75, 3.05) is 11.6 Å². The smallest absolute Gasteiger partial charge is 0.417 e. The number of Topliss-reactive ketones (excluding diaryl/α,β-unsaturated/α-hetero) is 1. The largest absolute Gasteiger partial charge is 0.456 e. The number of esters is 1. The zero-order valence-corrected chi connectivity index (χ0v) is 20.3. The van der Waals surface area contributed by atoms with E-state index in [1.54, 1.807) is 40.7 Å². The van der Waals surface area contributed by atoms with Crippen LogP contribution in [0.25, 0.3) is 0 Å². The lowest BCUT2D eigenvalue weighted by atomic mass is 9.90. The van der Waals surface area contributed by atoms with E-state index in [0.29, 0.717) is 5.56 Å². The van der Waals surface area contributed by atoms with Crippen LogP contribution < -0.4 is 4.90 Å². The Bertz CT molecular complexity index is 1090. The first kappa shape index (κ1) is 25.8. The molecular weight excluding hydrogens is 471 g/mol. The highest BCUT2D eigenvalue weighted by Crippen LogP contribution is 2.42. The van der Waals surface area contributed by atoms with E-state index in [2.05, 4.69) is 4.98 Å². The van der Waals surface area contributed by atoms with Gasteiger partial charge in [0, 0.05) is 29.9 Å². The minimum atomic E-state index is -4.52. The van der Waals surface area contributed by atoms with Crippen molar-refractivity contribution in [1.29, 1.82) is 0 Å². The first-order chi connectivity index (χ1) is 15.6. The summed E-state index contributed by atoms with van der Waals surface area (Å²) < 4.78 is 45.0. The molecule has 11 heteroatoms. The lowest BCUT2D eigenvalue weighted by molar-refractivity contribution is -0.137. The molecule has 1 unspecified atom stereocenters. The number of pyridine rings is 1. The summed E-state index contributed by atoms with van der Waals surface area (Å²) in [5.74, 6) is -1.30. The van der Waals surface area contributed by atoms with Gasteiger partial charge < -0.3 is 9.64 Å². The molecule has 1 aliphatic heterocycles. The Morgan fingerprint density at radius 2 is 1.97 bits per heavy atom. The van der Waals surface area contributed by atoms with Gasteiger partial charge in [-0.2, -0.15) is 13.2 Å². The molecular formula is C23H26F3N3O4S. The number of anilines is 1. The summed E-state index contributed by atoms with van der Waals surface area (Å²) in [5.41, 5.74) is -1.64. The Morgan fingerprint density at radius 1 is 1.29 bits per heavy atom. The number of aldehydes is 1. The van der Waals surface area contributed by atoms with Crippen molar-refractivity contribution in [3.63, 3.8) is 0 Å². The molecule has 7 nitrogen and oxygen atoms in total. The predicted molar refractivity (Wildman–Crippen MR) is 121 cm³/mol. The van der Waals surface area contributed by atoms with Crippen molar-refractivity contribution >= 4 is 34.4 Å². The lowest BCUT2D eigenvalue weighted by Gasteiger charge is -2.34. The number of halogens is 3. The molecule has 0 saturated carbocycles. The van der Waals surface area contributed by atoms with Crippen LogP contribution in [0.2, 0.25) is 0 Å². The number of hydrogen-bond acceptors (Lipinski definition) is 8. The van der Waals surface area contributed by atoms with Gasteiger partial charge in [-0.1, -0.05) is 0 Å². The fourth-order valence-corrected chi connectivity index (χ4v) is 4.87. The normalized spacial score (nSPS) is 18.7. The molecule has 0 aliphatic carbocycles. The van der Waals surface area contributed by atoms with Crippen LogP contribution in [0.1, 0.15) is 56.1 Å². The molecule has 0 bridgehead atoms. The van der Waals surface area contributed by atoms with E-state index in [4.69, 9.17) is 4.74 Å². The van der Waals surface area contributed by atoms with Gasteiger partial charge in [0.2, 0.25) is 5.78 Å². The van der Waals surface area contributed by atoms with Gasteiger partial charge in [-0.15, -0.1) is 11.3 Å². The number of ketones is 1. The molecule has 3 rings (SSSR count). The Labute approximate surface area is 199 Å². The first-order valence-corrected chi connectivity index (χ1v) is 11.4. The van der Waals surface area contributed by atoms with E-state index in [1.807, 2.05) is 4.90 Å². The minimum Gasteiger partial charge on any atom is -0.456 e. The molecule has 0 radical (unpaired) electrons. The van der Waals surface area contributed by atoms with Gasteiger partial charge in [0.05, 0.1) is 22.8 Å².